The van der Waals surface area contributed by atoms with Crippen LogP contribution in [0.3, 0.4) is 0 Å². The van der Waals surface area contributed by atoms with E-state index < -0.39 is 0 Å². The average Bonchev–Trinajstić information content (AvgIpc) is 2.48. The molecule has 0 aromatic heterocycles. The van der Waals surface area contributed by atoms with Crippen LogP contribution in [0.25, 0.3) is 0 Å². The highest BCUT2D eigenvalue weighted by molar-refractivity contribution is 4.69. The normalized spacial score (nSPS) is 12.7. The van der Waals surface area contributed by atoms with Crippen molar-refractivity contribution >= 4 is 0 Å². The number of rotatable bonds is 16. The maximum absolute atomic E-state index is 5.64. The third-order valence-electron chi connectivity index (χ3n) is 3.24. The largest absolute Gasteiger partial charge is 0.381 e. The highest BCUT2D eigenvalue weighted by Gasteiger charge is 2.08. The van der Waals surface area contributed by atoms with Gasteiger partial charge in [-0.3, -0.25) is 0 Å². The van der Waals surface area contributed by atoms with Crippen LogP contribution in [-0.2, 0) is 18.9 Å². The van der Waals surface area contributed by atoms with Crippen molar-refractivity contribution < 1.29 is 18.9 Å². The predicted molar refractivity (Wildman–Crippen MR) is 104 cm³/mol. The van der Waals surface area contributed by atoms with Crippen LogP contribution in [0.2, 0.25) is 0 Å². The molecule has 0 fully saturated rings. The third-order valence-corrected chi connectivity index (χ3v) is 3.24. The maximum atomic E-state index is 5.64. The summed E-state index contributed by atoms with van der Waals surface area (Å²) in [6.07, 6.45) is 3.90. The minimum absolute atomic E-state index is 0.0547. The van der Waals surface area contributed by atoms with Crippen LogP contribution in [0.15, 0.2) is 0 Å². The van der Waals surface area contributed by atoms with Gasteiger partial charge >= 0.3 is 0 Å². The van der Waals surface area contributed by atoms with Gasteiger partial charge in [-0.1, -0.05) is 0 Å². The Morgan fingerprint density at radius 1 is 0.560 bits per heavy atom. The van der Waals surface area contributed by atoms with Crippen molar-refractivity contribution in [3.8, 4) is 0 Å². The number of ether oxygens (including phenoxy) is 4. The highest BCUT2D eigenvalue weighted by Crippen LogP contribution is 2.06. The summed E-state index contributed by atoms with van der Waals surface area (Å²) in [4.78, 5) is 0. The van der Waals surface area contributed by atoms with Crippen molar-refractivity contribution in [1.29, 1.82) is 0 Å². The summed E-state index contributed by atoms with van der Waals surface area (Å²) in [5.74, 6) is 0. The number of hydrogen-bond donors (Lipinski definition) is 1. The van der Waals surface area contributed by atoms with Crippen molar-refractivity contribution in [2.45, 2.75) is 78.4 Å². The summed E-state index contributed by atoms with van der Waals surface area (Å²) in [6.45, 7) is 19.1. The molecule has 0 aliphatic rings. The lowest BCUT2D eigenvalue weighted by atomic mass is 10.1. The van der Waals surface area contributed by atoms with Gasteiger partial charge in [0.25, 0.3) is 0 Å². The van der Waals surface area contributed by atoms with Crippen LogP contribution < -0.4 is 5.32 Å². The fraction of sp³-hybridized carbons (Fsp3) is 1.00. The summed E-state index contributed by atoms with van der Waals surface area (Å²) in [5, 5.41) is 3.45. The third kappa shape index (κ3) is 23.8. The van der Waals surface area contributed by atoms with Crippen LogP contribution in [0.4, 0.5) is 0 Å². The molecule has 0 rings (SSSR count). The Bertz CT molecular complexity index is 256. The summed E-state index contributed by atoms with van der Waals surface area (Å²) >= 11 is 0. The van der Waals surface area contributed by atoms with E-state index in [2.05, 4.69) is 46.9 Å². The smallest absolute Gasteiger partial charge is 0.0598 e. The molecule has 0 aromatic rings. The Labute approximate surface area is 156 Å². The second-order valence-electron chi connectivity index (χ2n) is 8.39. The summed E-state index contributed by atoms with van der Waals surface area (Å²) in [6, 6.07) is 0. The van der Waals surface area contributed by atoms with E-state index in [0.29, 0.717) is 0 Å². The Hall–Kier alpha value is -0.200. The topological polar surface area (TPSA) is 49.0 Å². The SMILES string of the molecule is CC(C)(C)NCCCOCCCOCCCOCCCOC(C)(C)C. The molecular weight excluding hydrogens is 318 g/mol. The molecular formula is C20H43NO4. The van der Waals surface area contributed by atoms with Crippen molar-refractivity contribution in [2.75, 3.05) is 52.8 Å². The maximum Gasteiger partial charge on any atom is 0.0598 e. The van der Waals surface area contributed by atoms with Gasteiger partial charge in [0.15, 0.2) is 0 Å². The Balaban J connectivity index is 3.08. The molecule has 25 heavy (non-hydrogen) atoms. The van der Waals surface area contributed by atoms with E-state index in [1.165, 1.54) is 0 Å². The van der Waals surface area contributed by atoms with Crippen LogP contribution >= 0.6 is 0 Å². The van der Waals surface area contributed by atoms with Gasteiger partial charge in [-0.05, 0) is 73.8 Å². The molecule has 0 heterocycles. The van der Waals surface area contributed by atoms with Gasteiger partial charge in [-0.15, -0.1) is 0 Å². The van der Waals surface area contributed by atoms with E-state index in [0.717, 1.165) is 78.5 Å². The second kappa shape index (κ2) is 14.9. The van der Waals surface area contributed by atoms with E-state index in [4.69, 9.17) is 18.9 Å². The zero-order valence-corrected chi connectivity index (χ0v) is 17.6. The van der Waals surface area contributed by atoms with Gasteiger partial charge in [0.1, 0.15) is 0 Å². The van der Waals surface area contributed by atoms with Gasteiger partial charge in [0.05, 0.1) is 5.60 Å². The molecule has 0 bridgehead atoms. The number of hydrogen-bond acceptors (Lipinski definition) is 5. The van der Waals surface area contributed by atoms with Gasteiger partial charge in [0, 0.05) is 51.8 Å². The Kier molecular flexibility index (Phi) is 14.8. The Morgan fingerprint density at radius 3 is 1.36 bits per heavy atom. The lowest BCUT2D eigenvalue weighted by Gasteiger charge is -2.20. The first kappa shape index (κ1) is 24.8. The van der Waals surface area contributed by atoms with E-state index in [9.17, 15) is 0 Å². The molecule has 0 saturated heterocycles. The first-order chi connectivity index (χ1) is 11.7. The minimum Gasteiger partial charge on any atom is -0.381 e. The quantitative estimate of drug-likeness (QED) is 0.424. The zero-order valence-electron chi connectivity index (χ0n) is 17.6. The van der Waals surface area contributed by atoms with Gasteiger partial charge < -0.3 is 24.3 Å². The molecule has 0 saturated carbocycles. The number of nitrogens with one attached hydrogen (secondary N) is 1. The molecule has 0 radical (unpaired) electrons. The monoisotopic (exact) mass is 361 g/mol. The predicted octanol–water partition coefficient (Wildman–Crippen LogP) is 3.80. The lowest BCUT2D eigenvalue weighted by Crippen LogP contribution is -2.36. The van der Waals surface area contributed by atoms with Crippen LogP contribution in [0, 0.1) is 0 Å². The second-order valence-corrected chi connectivity index (χ2v) is 8.39. The fourth-order valence-electron chi connectivity index (χ4n) is 2.01. The van der Waals surface area contributed by atoms with E-state index >= 15 is 0 Å². The van der Waals surface area contributed by atoms with Crippen molar-refractivity contribution in [3.05, 3.63) is 0 Å². The van der Waals surface area contributed by atoms with Gasteiger partial charge in [0.2, 0.25) is 0 Å². The van der Waals surface area contributed by atoms with Crippen molar-refractivity contribution in [1.82, 2.24) is 5.32 Å². The van der Waals surface area contributed by atoms with Gasteiger partial charge in [-0.2, -0.15) is 0 Å². The summed E-state index contributed by atoms with van der Waals surface area (Å²) in [7, 11) is 0. The standard InChI is InChI=1S/C20H43NO4/c1-19(2,3)21-11-7-12-22-13-8-14-23-15-9-16-24-17-10-18-25-20(4,5)6/h21H,7-18H2,1-6H3. The average molecular weight is 362 g/mol. The zero-order chi connectivity index (χ0) is 19.0. The molecule has 5 heteroatoms. The molecule has 0 atom stereocenters. The van der Waals surface area contributed by atoms with Crippen LogP contribution in [0.1, 0.15) is 67.2 Å². The van der Waals surface area contributed by atoms with Crippen LogP contribution in [0.5, 0.6) is 0 Å². The van der Waals surface area contributed by atoms with Crippen molar-refractivity contribution in [2.24, 2.45) is 0 Å². The van der Waals surface area contributed by atoms with E-state index in [1.54, 1.807) is 0 Å². The molecule has 1 N–H and O–H groups in total. The van der Waals surface area contributed by atoms with E-state index in [1.807, 2.05) is 0 Å². The molecule has 0 aliphatic carbocycles. The first-order valence-electron chi connectivity index (χ1n) is 9.83. The molecule has 0 spiro atoms. The molecule has 0 amide bonds. The van der Waals surface area contributed by atoms with Gasteiger partial charge in [-0.25, -0.2) is 0 Å². The fourth-order valence-corrected chi connectivity index (χ4v) is 2.01. The minimum atomic E-state index is -0.0547. The molecule has 0 unspecified atom stereocenters. The molecule has 5 nitrogen and oxygen atoms in total. The van der Waals surface area contributed by atoms with E-state index in [-0.39, 0.29) is 11.1 Å². The van der Waals surface area contributed by atoms with Crippen molar-refractivity contribution in [3.63, 3.8) is 0 Å². The lowest BCUT2D eigenvalue weighted by molar-refractivity contribution is -0.0150. The molecule has 0 aliphatic heterocycles. The Morgan fingerprint density at radius 2 is 0.960 bits per heavy atom. The molecule has 0 aromatic carbocycles. The summed E-state index contributed by atoms with van der Waals surface area (Å²) in [5.41, 5.74) is 0.138. The summed E-state index contributed by atoms with van der Waals surface area (Å²) < 4.78 is 22.4. The first-order valence-corrected chi connectivity index (χ1v) is 9.83. The molecule has 152 valence electrons. The van der Waals surface area contributed by atoms with Crippen LogP contribution in [-0.4, -0.2) is 63.9 Å². The highest BCUT2D eigenvalue weighted by atomic mass is 16.5.